The molecule has 0 aliphatic rings. The van der Waals surface area contributed by atoms with Gasteiger partial charge in [0.15, 0.2) is 0 Å². The molecule has 0 heterocycles. The minimum Gasteiger partial charge on any atom is -0.125 e. The molecule has 1 aromatic rings. The molecule has 0 saturated carbocycles. The van der Waals surface area contributed by atoms with E-state index in [1.807, 2.05) is 24.3 Å². The lowest BCUT2D eigenvalue weighted by atomic mass is 10.4. The van der Waals surface area contributed by atoms with Crippen LogP contribution in [0.15, 0.2) is 29.2 Å². The summed E-state index contributed by atoms with van der Waals surface area (Å²) in [5.41, 5.74) is 0. The van der Waals surface area contributed by atoms with Crippen LogP contribution in [-0.2, 0) is 0 Å². The Kier molecular flexibility index (Phi) is 3.10. The van der Waals surface area contributed by atoms with E-state index in [0.717, 1.165) is 15.7 Å². The topological polar surface area (TPSA) is 0 Å². The molecule has 0 unspecified atom stereocenters. The van der Waals surface area contributed by atoms with Crippen molar-refractivity contribution in [3.05, 3.63) is 36.2 Å². The molecule has 0 fully saturated rings. The molecule has 0 N–H and O–H groups in total. The number of thioether (sulfide) groups is 1. The van der Waals surface area contributed by atoms with Crippen molar-refractivity contribution in [2.45, 2.75) is 4.90 Å². The van der Waals surface area contributed by atoms with E-state index in [0.29, 0.717) is 0 Å². The summed E-state index contributed by atoms with van der Waals surface area (Å²) in [5.74, 6) is 0.823. The second-order valence-corrected chi connectivity index (χ2v) is 3.32. The van der Waals surface area contributed by atoms with Gasteiger partial charge in [0.2, 0.25) is 0 Å². The normalized spacial score (nSPS) is 9.80. The van der Waals surface area contributed by atoms with Crippen LogP contribution in [0.1, 0.15) is 0 Å². The Bertz CT molecular complexity index is 210. The predicted octanol–water partition coefficient (Wildman–Crippen LogP) is 3.27. The Balaban J connectivity index is 2.81. The van der Waals surface area contributed by atoms with Crippen molar-refractivity contribution in [3.8, 4) is 0 Å². The second kappa shape index (κ2) is 3.89. The van der Waals surface area contributed by atoms with Crippen LogP contribution in [0.2, 0.25) is 5.02 Å². The summed E-state index contributed by atoms with van der Waals surface area (Å²) < 4.78 is 0. The smallest absolute Gasteiger partial charge is 0.0541 e. The number of benzene rings is 1. The van der Waals surface area contributed by atoms with Gasteiger partial charge in [-0.05, 0) is 24.8 Å². The predicted molar refractivity (Wildman–Crippen MR) is 47.5 cm³/mol. The average Bonchev–Trinajstić information content (AvgIpc) is 1.94. The fourth-order valence-corrected chi connectivity index (χ4v) is 1.57. The van der Waals surface area contributed by atoms with Gasteiger partial charge in [-0.3, -0.25) is 0 Å². The van der Waals surface area contributed by atoms with Gasteiger partial charge in [-0.15, -0.1) is 11.8 Å². The zero-order valence-electron chi connectivity index (χ0n) is 5.51. The Labute approximate surface area is 70.6 Å². The molecule has 10 heavy (non-hydrogen) atoms. The third kappa shape index (κ3) is 1.93. The fourth-order valence-electron chi connectivity index (χ4n) is 0.672. The molecule has 0 bridgehead atoms. The molecule has 0 aliphatic heterocycles. The summed E-state index contributed by atoms with van der Waals surface area (Å²) in [6, 6.07) is 7.79. The lowest BCUT2D eigenvalue weighted by molar-refractivity contribution is 1.46. The van der Waals surface area contributed by atoms with Crippen LogP contribution in [0.3, 0.4) is 0 Å². The highest BCUT2D eigenvalue weighted by atomic mass is 35.5. The van der Waals surface area contributed by atoms with Gasteiger partial charge in [-0.1, -0.05) is 23.7 Å². The van der Waals surface area contributed by atoms with Crippen LogP contribution >= 0.6 is 23.4 Å². The second-order valence-electron chi connectivity index (χ2n) is 1.78. The standard InChI is InChI=1S/C8H8ClS/c1-2-10-8-6-4-3-5-7(8)9/h3-6H,1-2H2. The van der Waals surface area contributed by atoms with Crippen LogP contribution in [0, 0.1) is 6.92 Å². The lowest BCUT2D eigenvalue weighted by Gasteiger charge is -1.98. The zero-order chi connectivity index (χ0) is 7.40. The van der Waals surface area contributed by atoms with Crippen molar-refractivity contribution in [2.24, 2.45) is 0 Å². The van der Waals surface area contributed by atoms with Gasteiger partial charge in [-0.25, -0.2) is 0 Å². The van der Waals surface area contributed by atoms with Gasteiger partial charge in [0.25, 0.3) is 0 Å². The van der Waals surface area contributed by atoms with Crippen LogP contribution in [0.4, 0.5) is 0 Å². The molecule has 53 valence electrons. The Morgan fingerprint density at radius 3 is 2.70 bits per heavy atom. The molecule has 1 radical (unpaired) electrons. The van der Waals surface area contributed by atoms with E-state index in [2.05, 4.69) is 6.92 Å². The van der Waals surface area contributed by atoms with Crippen molar-refractivity contribution in [1.29, 1.82) is 0 Å². The van der Waals surface area contributed by atoms with Crippen molar-refractivity contribution in [2.75, 3.05) is 5.75 Å². The van der Waals surface area contributed by atoms with Gasteiger partial charge < -0.3 is 0 Å². The number of rotatable bonds is 2. The molecule has 1 rings (SSSR count). The third-order valence-electron chi connectivity index (χ3n) is 1.09. The molecule has 0 atom stereocenters. The van der Waals surface area contributed by atoms with Crippen molar-refractivity contribution < 1.29 is 0 Å². The van der Waals surface area contributed by atoms with E-state index in [1.54, 1.807) is 11.8 Å². The van der Waals surface area contributed by atoms with E-state index in [1.165, 1.54) is 0 Å². The molecule has 1 aromatic carbocycles. The minimum absolute atomic E-state index is 0.816. The van der Waals surface area contributed by atoms with Crippen LogP contribution < -0.4 is 0 Å². The molecular formula is C8H8ClS. The summed E-state index contributed by atoms with van der Waals surface area (Å²) in [6.07, 6.45) is 0. The monoisotopic (exact) mass is 171 g/mol. The number of halogens is 1. The molecule has 0 aliphatic carbocycles. The van der Waals surface area contributed by atoms with Gasteiger partial charge in [-0.2, -0.15) is 0 Å². The van der Waals surface area contributed by atoms with E-state index >= 15 is 0 Å². The first-order valence-corrected chi connectivity index (χ1v) is 4.37. The number of hydrogen-bond acceptors (Lipinski definition) is 1. The van der Waals surface area contributed by atoms with Gasteiger partial charge in [0.05, 0.1) is 5.02 Å². The lowest BCUT2D eigenvalue weighted by Crippen LogP contribution is -1.73. The molecular weight excluding hydrogens is 164 g/mol. The molecule has 0 saturated heterocycles. The molecule has 2 heteroatoms. The maximum atomic E-state index is 5.85. The zero-order valence-corrected chi connectivity index (χ0v) is 7.08. The first-order chi connectivity index (χ1) is 4.84. The molecule has 0 aromatic heterocycles. The van der Waals surface area contributed by atoms with E-state index < -0.39 is 0 Å². The maximum absolute atomic E-state index is 5.85. The van der Waals surface area contributed by atoms with Crippen LogP contribution in [-0.4, -0.2) is 5.75 Å². The Morgan fingerprint density at radius 2 is 2.10 bits per heavy atom. The van der Waals surface area contributed by atoms with Crippen molar-refractivity contribution in [1.82, 2.24) is 0 Å². The summed E-state index contributed by atoms with van der Waals surface area (Å²) in [5, 5.41) is 0.816. The summed E-state index contributed by atoms with van der Waals surface area (Å²) in [7, 11) is 0. The van der Waals surface area contributed by atoms with Crippen molar-refractivity contribution in [3.63, 3.8) is 0 Å². The third-order valence-corrected chi connectivity index (χ3v) is 2.41. The first kappa shape index (κ1) is 7.96. The summed E-state index contributed by atoms with van der Waals surface area (Å²) in [6.45, 7) is 3.73. The largest absolute Gasteiger partial charge is 0.125 e. The van der Waals surface area contributed by atoms with E-state index in [-0.39, 0.29) is 0 Å². The average molecular weight is 172 g/mol. The SMILES string of the molecule is [CH2]CSc1ccccc1Cl. The summed E-state index contributed by atoms with van der Waals surface area (Å²) in [4.78, 5) is 1.11. The fraction of sp³-hybridized carbons (Fsp3) is 0.125. The summed E-state index contributed by atoms with van der Waals surface area (Å²) >= 11 is 7.51. The highest BCUT2D eigenvalue weighted by Gasteiger charge is 1.95. The highest BCUT2D eigenvalue weighted by Crippen LogP contribution is 2.25. The van der Waals surface area contributed by atoms with Crippen LogP contribution in [0.25, 0.3) is 0 Å². The first-order valence-electron chi connectivity index (χ1n) is 3.01. The van der Waals surface area contributed by atoms with Gasteiger partial charge in [0, 0.05) is 4.90 Å². The van der Waals surface area contributed by atoms with Crippen LogP contribution in [0.5, 0.6) is 0 Å². The minimum atomic E-state index is 0.816. The number of hydrogen-bond donors (Lipinski definition) is 0. The van der Waals surface area contributed by atoms with Gasteiger partial charge >= 0.3 is 0 Å². The van der Waals surface area contributed by atoms with E-state index in [9.17, 15) is 0 Å². The van der Waals surface area contributed by atoms with E-state index in [4.69, 9.17) is 11.6 Å². The Hall–Kier alpha value is -0.140. The highest BCUT2D eigenvalue weighted by molar-refractivity contribution is 7.99. The molecule has 0 amide bonds. The Morgan fingerprint density at radius 1 is 1.40 bits per heavy atom. The quantitative estimate of drug-likeness (QED) is 0.616. The molecule has 0 spiro atoms. The maximum Gasteiger partial charge on any atom is 0.0541 e. The molecule has 0 nitrogen and oxygen atoms in total. The van der Waals surface area contributed by atoms with Crippen molar-refractivity contribution >= 4 is 23.4 Å². The van der Waals surface area contributed by atoms with Gasteiger partial charge in [0.1, 0.15) is 0 Å².